The lowest BCUT2D eigenvalue weighted by atomic mass is 10.2. The van der Waals surface area contributed by atoms with Gasteiger partial charge in [0.05, 0.1) is 36.8 Å². The Labute approximate surface area is 121 Å². The molecule has 0 amide bonds. The molecule has 0 N–H and O–H groups in total. The van der Waals surface area contributed by atoms with Gasteiger partial charge in [0.15, 0.2) is 5.78 Å². The molecule has 110 valence electrons. The molecule has 0 atom stereocenters. The zero-order valence-corrected chi connectivity index (χ0v) is 11.7. The molecule has 0 radical (unpaired) electrons. The van der Waals surface area contributed by atoms with Crippen molar-refractivity contribution < 1.29 is 14.3 Å². The number of aromatic nitrogens is 2. The molecule has 21 heavy (non-hydrogen) atoms. The third-order valence-electron chi connectivity index (χ3n) is 2.99. The van der Waals surface area contributed by atoms with Crippen LogP contribution in [-0.2, 0) is 20.9 Å². The number of Topliss-reactive ketones (excluding diaryl/α,β-unsaturated/α-hetero) is 1. The van der Waals surface area contributed by atoms with Gasteiger partial charge in [-0.3, -0.25) is 19.0 Å². The van der Waals surface area contributed by atoms with Crippen molar-refractivity contribution in [3.05, 3.63) is 40.9 Å². The Balaban J connectivity index is 2.06. The summed E-state index contributed by atoms with van der Waals surface area (Å²) < 4.78 is 6.01. The van der Waals surface area contributed by atoms with Crippen molar-refractivity contribution in [2.75, 3.05) is 6.61 Å². The Hall–Kier alpha value is -2.50. The summed E-state index contributed by atoms with van der Waals surface area (Å²) in [6, 6.07) is 6.95. The average molecular weight is 288 g/mol. The van der Waals surface area contributed by atoms with Crippen LogP contribution in [0, 0.1) is 0 Å². The van der Waals surface area contributed by atoms with Crippen LogP contribution in [0.15, 0.2) is 35.4 Å². The molecule has 1 heterocycles. The minimum atomic E-state index is -0.408. The van der Waals surface area contributed by atoms with Crippen LogP contribution in [0.1, 0.15) is 19.8 Å². The zero-order valence-electron chi connectivity index (χ0n) is 11.7. The van der Waals surface area contributed by atoms with E-state index in [-0.39, 0.29) is 30.7 Å². The fourth-order valence-corrected chi connectivity index (χ4v) is 1.96. The molecule has 0 saturated carbocycles. The first-order valence-corrected chi connectivity index (χ1v) is 6.73. The molecule has 0 bridgehead atoms. The second kappa shape index (κ2) is 6.78. The Morgan fingerprint density at radius 2 is 2.00 bits per heavy atom. The highest BCUT2D eigenvalue weighted by Crippen LogP contribution is 2.05. The molecule has 0 spiro atoms. The third-order valence-corrected chi connectivity index (χ3v) is 2.99. The van der Waals surface area contributed by atoms with Gasteiger partial charge < -0.3 is 4.74 Å². The number of fused-ring (bicyclic) bond motifs is 1. The summed E-state index contributed by atoms with van der Waals surface area (Å²) in [5, 5.41) is 0.471. The SMILES string of the molecule is CCOC(=O)CCC(=O)Cn1cnc2ccccc2c1=O. The van der Waals surface area contributed by atoms with Gasteiger partial charge in [-0.25, -0.2) is 4.98 Å². The number of para-hydroxylation sites is 1. The summed E-state index contributed by atoms with van der Waals surface area (Å²) in [6.45, 7) is 1.91. The lowest BCUT2D eigenvalue weighted by Crippen LogP contribution is -2.25. The monoisotopic (exact) mass is 288 g/mol. The lowest BCUT2D eigenvalue weighted by Gasteiger charge is -2.06. The highest BCUT2D eigenvalue weighted by atomic mass is 16.5. The Bertz CT molecular complexity index is 721. The van der Waals surface area contributed by atoms with Gasteiger partial charge in [-0.15, -0.1) is 0 Å². The molecular formula is C15H16N2O4. The van der Waals surface area contributed by atoms with E-state index in [1.54, 1.807) is 31.2 Å². The number of benzene rings is 1. The van der Waals surface area contributed by atoms with Crippen molar-refractivity contribution in [2.45, 2.75) is 26.3 Å². The van der Waals surface area contributed by atoms with Gasteiger partial charge in [-0.1, -0.05) is 12.1 Å². The molecular weight excluding hydrogens is 272 g/mol. The molecule has 0 aliphatic rings. The first kappa shape index (κ1) is 14.9. The van der Waals surface area contributed by atoms with Gasteiger partial charge in [0.25, 0.3) is 5.56 Å². The second-order valence-corrected chi connectivity index (χ2v) is 4.54. The predicted octanol–water partition coefficient (Wildman–Crippen LogP) is 1.31. The number of ether oxygens (including phenoxy) is 1. The second-order valence-electron chi connectivity index (χ2n) is 4.54. The number of rotatable bonds is 6. The summed E-state index contributed by atoms with van der Waals surface area (Å²) >= 11 is 0. The van der Waals surface area contributed by atoms with Crippen LogP contribution in [-0.4, -0.2) is 27.9 Å². The summed E-state index contributed by atoms with van der Waals surface area (Å²) in [4.78, 5) is 39.3. The fraction of sp³-hybridized carbons (Fsp3) is 0.333. The van der Waals surface area contributed by atoms with E-state index < -0.39 is 5.97 Å². The van der Waals surface area contributed by atoms with Gasteiger partial charge in [-0.2, -0.15) is 0 Å². The van der Waals surface area contributed by atoms with Crippen LogP contribution in [0.4, 0.5) is 0 Å². The molecule has 2 rings (SSSR count). The Morgan fingerprint density at radius 3 is 2.76 bits per heavy atom. The van der Waals surface area contributed by atoms with Gasteiger partial charge >= 0.3 is 5.97 Å². The molecule has 1 aromatic carbocycles. The van der Waals surface area contributed by atoms with E-state index in [1.165, 1.54) is 10.9 Å². The van der Waals surface area contributed by atoms with Crippen molar-refractivity contribution in [2.24, 2.45) is 0 Å². The molecule has 6 nitrogen and oxygen atoms in total. The molecule has 0 aliphatic carbocycles. The van der Waals surface area contributed by atoms with E-state index in [4.69, 9.17) is 4.74 Å². The largest absolute Gasteiger partial charge is 0.466 e. The summed E-state index contributed by atoms with van der Waals surface area (Å²) in [7, 11) is 0. The highest BCUT2D eigenvalue weighted by molar-refractivity contribution is 5.83. The lowest BCUT2D eigenvalue weighted by molar-refractivity contribution is -0.144. The van der Waals surface area contributed by atoms with Crippen LogP contribution >= 0.6 is 0 Å². The van der Waals surface area contributed by atoms with E-state index in [0.29, 0.717) is 17.5 Å². The van der Waals surface area contributed by atoms with Gasteiger partial charge in [0.2, 0.25) is 0 Å². The first-order chi connectivity index (χ1) is 10.1. The Kier molecular flexibility index (Phi) is 4.81. The summed E-state index contributed by atoms with van der Waals surface area (Å²) in [6.07, 6.45) is 1.44. The van der Waals surface area contributed by atoms with Gasteiger partial charge in [-0.05, 0) is 19.1 Å². The maximum atomic E-state index is 12.2. The van der Waals surface area contributed by atoms with Crippen molar-refractivity contribution in [1.82, 2.24) is 9.55 Å². The molecule has 0 aliphatic heterocycles. The minimum absolute atomic E-state index is 0.0302. The van der Waals surface area contributed by atoms with Crippen molar-refractivity contribution in [3.63, 3.8) is 0 Å². The number of esters is 1. The first-order valence-electron chi connectivity index (χ1n) is 6.73. The van der Waals surface area contributed by atoms with Crippen LogP contribution < -0.4 is 5.56 Å². The molecule has 0 fully saturated rings. The average Bonchev–Trinajstić information content (AvgIpc) is 2.49. The zero-order chi connectivity index (χ0) is 15.2. The number of carbonyl (C=O) groups is 2. The molecule has 2 aromatic rings. The number of ketones is 1. The number of nitrogens with zero attached hydrogens (tertiary/aromatic N) is 2. The van der Waals surface area contributed by atoms with E-state index >= 15 is 0 Å². The van der Waals surface area contributed by atoms with Crippen LogP contribution in [0.5, 0.6) is 0 Å². The minimum Gasteiger partial charge on any atom is -0.466 e. The van der Waals surface area contributed by atoms with Crippen molar-refractivity contribution >= 4 is 22.7 Å². The van der Waals surface area contributed by atoms with Crippen molar-refractivity contribution in [3.8, 4) is 0 Å². The van der Waals surface area contributed by atoms with E-state index in [0.717, 1.165) is 0 Å². The predicted molar refractivity (Wildman–Crippen MR) is 76.9 cm³/mol. The number of hydrogen-bond acceptors (Lipinski definition) is 5. The highest BCUT2D eigenvalue weighted by Gasteiger charge is 2.10. The summed E-state index contributed by atoms with van der Waals surface area (Å²) in [5.74, 6) is -0.614. The topological polar surface area (TPSA) is 78.3 Å². The molecule has 0 unspecified atom stereocenters. The third kappa shape index (κ3) is 3.75. The molecule has 0 saturated heterocycles. The maximum absolute atomic E-state index is 12.2. The van der Waals surface area contributed by atoms with Crippen molar-refractivity contribution in [1.29, 1.82) is 0 Å². The van der Waals surface area contributed by atoms with E-state index in [1.807, 2.05) is 0 Å². The van der Waals surface area contributed by atoms with E-state index in [9.17, 15) is 14.4 Å². The van der Waals surface area contributed by atoms with Crippen LogP contribution in [0.3, 0.4) is 0 Å². The number of carbonyl (C=O) groups excluding carboxylic acids is 2. The smallest absolute Gasteiger partial charge is 0.306 e. The fourth-order valence-electron chi connectivity index (χ4n) is 1.96. The summed E-state index contributed by atoms with van der Waals surface area (Å²) in [5.41, 5.74) is 0.336. The Morgan fingerprint density at radius 1 is 1.24 bits per heavy atom. The number of hydrogen-bond donors (Lipinski definition) is 0. The quantitative estimate of drug-likeness (QED) is 0.749. The van der Waals surface area contributed by atoms with Crippen LogP contribution in [0.2, 0.25) is 0 Å². The van der Waals surface area contributed by atoms with Gasteiger partial charge in [0, 0.05) is 6.42 Å². The van der Waals surface area contributed by atoms with E-state index in [2.05, 4.69) is 4.98 Å². The maximum Gasteiger partial charge on any atom is 0.306 e. The molecule has 1 aromatic heterocycles. The van der Waals surface area contributed by atoms with Gasteiger partial charge in [0.1, 0.15) is 0 Å². The molecule has 6 heteroatoms. The normalized spacial score (nSPS) is 10.5. The van der Waals surface area contributed by atoms with Crippen LogP contribution in [0.25, 0.3) is 10.9 Å². The standard InChI is InChI=1S/C15H16N2O4/c1-2-21-14(19)8-7-11(18)9-17-10-16-13-6-4-3-5-12(13)15(17)20/h3-6,10H,2,7-9H2,1H3.